The fourth-order valence-electron chi connectivity index (χ4n) is 1.48. The lowest BCUT2D eigenvalue weighted by molar-refractivity contribution is -0.130. The van der Waals surface area contributed by atoms with Crippen molar-refractivity contribution in [3.05, 3.63) is 28.7 Å². The first-order chi connectivity index (χ1) is 8.99. The van der Waals surface area contributed by atoms with Crippen molar-refractivity contribution in [2.45, 2.75) is 25.9 Å². The summed E-state index contributed by atoms with van der Waals surface area (Å²) in [5.41, 5.74) is 0. The molecule has 1 aromatic rings. The van der Waals surface area contributed by atoms with E-state index in [1.807, 2.05) is 24.3 Å². The largest absolute Gasteiger partial charge is 0.493 e. The van der Waals surface area contributed by atoms with Gasteiger partial charge in [0.1, 0.15) is 5.75 Å². The molecule has 0 aromatic heterocycles. The van der Waals surface area contributed by atoms with Gasteiger partial charge >= 0.3 is 0 Å². The van der Waals surface area contributed by atoms with E-state index in [-0.39, 0.29) is 12.0 Å². The standard InChI is InChI=1S/C14H20BrNO3/c1-11(17)7-9-16(2)14(18)8-10-19-13-5-3-12(15)4-6-13/h3-6,11,17H,7-10H2,1-2H3. The summed E-state index contributed by atoms with van der Waals surface area (Å²) in [6.07, 6.45) is 0.552. The average molecular weight is 330 g/mol. The summed E-state index contributed by atoms with van der Waals surface area (Å²) in [5.74, 6) is 0.778. The minimum absolute atomic E-state index is 0.0257. The van der Waals surface area contributed by atoms with Crippen molar-refractivity contribution in [3.8, 4) is 5.75 Å². The number of amides is 1. The molecule has 0 bridgehead atoms. The molecule has 1 rings (SSSR count). The van der Waals surface area contributed by atoms with Crippen LogP contribution in [0.5, 0.6) is 5.75 Å². The van der Waals surface area contributed by atoms with Crippen molar-refractivity contribution >= 4 is 21.8 Å². The molecule has 1 amide bonds. The van der Waals surface area contributed by atoms with E-state index in [2.05, 4.69) is 15.9 Å². The Morgan fingerprint density at radius 3 is 2.63 bits per heavy atom. The molecule has 0 saturated heterocycles. The van der Waals surface area contributed by atoms with E-state index in [1.165, 1.54) is 0 Å². The van der Waals surface area contributed by atoms with Gasteiger partial charge in [-0.3, -0.25) is 4.79 Å². The second kappa shape index (κ2) is 8.17. The number of aliphatic hydroxyl groups is 1. The maximum Gasteiger partial charge on any atom is 0.225 e. The zero-order valence-electron chi connectivity index (χ0n) is 11.3. The average Bonchev–Trinajstić information content (AvgIpc) is 2.38. The first-order valence-corrected chi connectivity index (χ1v) is 7.08. The number of hydrogen-bond donors (Lipinski definition) is 1. The number of halogens is 1. The van der Waals surface area contributed by atoms with Gasteiger partial charge in [-0.05, 0) is 37.6 Å². The van der Waals surface area contributed by atoms with Crippen LogP contribution in [0.1, 0.15) is 19.8 Å². The van der Waals surface area contributed by atoms with Crippen molar-refractivity contribution < 1.29 is 14.6 Å². The van der Waals surface area contributed by atoms with Gasteiger partial charge in [-0.25, -0.2) is 0 Å². The van der Waals surface area contributed by atoms with Crippen molar-refractivity contribution in [1.82, 2.24) is 4.90 Å². The Kier molecular flexibility index (Phi) is 6.87. The van der Waals surface area contributed by atoms with Crippen molar-refractivity contribution in [3.63, 3.8) is 0 Å². The third kappa shape index (κ3) is 6.59. The zero-order chi connectivity index (χ0) is 14.3. The number of aliphatic hydroxyl groups excluding tert-OH is 1. The third-order valence-electron chi connectivity index (χ3n) is 2.71. The number of benzene rings is 1. The van der Waals surface area contributed by atoms with E-state index in [0.717, 1.165) is 10.2 Å². The number of hydrogen-bond acceptors (Lipinski definition) is 3. The zero-order valence-corrected chi connectivity index (χ0v) is 12.9. The van der Waals surface area contributed by atoms with E-state index in [0.29, 0.717) is 26.0 Å². The van der Waals surface area contributed by atoms with Crippen LogP contribution in [0.15, 0.2) is 28.7 Å². The van der Waals surface area contributed by atoms with Gasteiger partial charge in [-0.1, -0.05) is 15.9 Å². The van der Waals surface area contributed by atoms with Gasteiger partial charge < -0.3 is 14.7 Å². The minimum Gasteiger partial charge on any atom is -0.493 e. The molecule has 1 unspecified atom stereocenters. The van der Waals surface area contributed by atoms with Crippen LogP contribution in [0.4, 0.5) is 0 Å². The van der Waals surface area contributed by atoms with Crippen LogP contribution in [0.25, 0.3) is 0 Å². The molecule has 19 heavy (non-hydrogen) atoms. The molecule has 0 aliphatic heterocycles. The first-order valence-electron chi connectivity index (χ1n) is 6.29. The summed E-state index contributed by atoms with van der Waals surface area (Å²) in [6, 6.07) is 7.50. The van der Waals surface area contributed by atoms with Crippen LogP contribution in [0.2, 0.25) is 0 Å². The molecule has 0 heterocycles. The highest BCUT2D eigenvalue weighted by molar-refractivity contribution is 9.10. The summed E-state index contributed by atoms with van der Waals surface area (Å²) in [5, 5.41) is 9.16. The molecule has 1 atom stereocenters. The molecule has 5 heteroatoms. The van der Waals surface area contributed by atoms with Crippen LogP contribution in [0.3, 0.4) is 0 Å². The Bertz CT molecular complexity index is 392. The van der Waals surface area contributed by atoms with Crippen molar-refractivity contribution in [1.29, 1.82) is 0 Å². The predicted molar refractivity (Wildman–Crippen MR) is 78.2 cm³/mol. The summed E-state index contributed by atoms with van der Waals surface area (Å²) >= 11 is 3.35. The highest BCUT2D eigenvalue weighted by Gasteiger charge is 2.09. The SMILES string of the molecule is CC(O)CCN(C)C(=O)CCOc1ccc(Br)cc1. The molecule has 0 aliphatic carbocycles. The molecule has 0 saturated carbocycles. The quantitative estimate of drug-likeness (QED) is 0.835. The van der Waals surface area contributed by atoms with Gasteiger partial charge in [0.2, 0.25) is 5.91 Å². The van der Waals surface area contributed by atoms with Crippen LogP contribution in [0, 0.1) is 0 Å². The maximum absolute atomic E-state index is 11.8. The smallest absolute Gasteiger partial charge is 0.225 e. The Morgan fingerprint density at radius 2 is 2.05 bits per heavy atom. The maximum atomic E-state index is 11.8. The Morgan fingerprint density at radius 1 is 1.42 bits per heavy atom. The Hall–Kier alpha value is -1.07. The predicted octanol–water partition coefficient (Wildman–Crippen LogP) is 2.45. The van der Waals surface area contributed by atoms with E-state index in [9.17, 15) is 4.79 Å². The van der Waals surface area contributed by atoms with Crippen molar-refractivity contribution in [2.75, 3.05) is 20.2 Å². The summed E-state index contributed by atoms with van der Waals surface area (Å²) in [4.78, 5) is 13.4. The van der Waals surface area contributed by atoms with E-state index in [1.54, 1.807) is 18.9 Å². The van der Waals surface area contributed by atoms with E-state index in [4.69, 9.17) is 9.84 Å². The Labute approximate surface area is 122 Å². The number of nitrogens with zero attached hydrogens (tertiary/aromatic N) is 1. The first kappa shape index (κ1) is 16.0. The van der Waals surface area contributed by atoms with E-state index < -0.39 is 0 Å². The second-order valence-electron chi connectivity index (χ2n) is 4.51. The molecule has 106 valence electrons. The lowest BCUT2D eigenvalue weighted by Crippen LogP contribution is -2.30. The molecular formula is C14H20BrNO3. The highest BCUT2D eigenvalue weighted by Crippen LogP contribution is 2.16. The number of rotatable bonds is 7. The lowest BCUT2D eigenvalue weighted by Gasteiger charge is -2.18. The van der Waals surface area contributed by atoms with Gasteiger partial charge in [-0.2, -0.15) is 0 Å². The number of carbonyl (C=O) groups is 1. The van der Waals surface area contributed by atoms with Crippen LogP contribution in [-0.4, -0.2) is 42.2 Å². The fraction of sp³-hybridized carbons (Fsp3) is 0.500. The third-order valence-corrected chi connectivity index (χ3v) is 3.23. The van der Waals surface area contributed by atoms with Crippen LogP contribution < -0.4 is 4.74 Å². The van der Waals surface area contributed by atoms with Gasteiger partial charge in [-0.15, -0.1) is 0 Å². The van der Waals surface area contributed by atoms with Gasteiger partial charge in [0.25, 0.3) is 0 Å². The monoisotopic (exact) mass is 329 g/mol. The van der Waals surface area contributed by atoms with Gasteiger partial charge in [0.15, 0.2) is 0 Å². The molecular weight excluding hydrogens is 310 g/mol. The molecule has 4 nitrogen and oxygen atoms in total. The Balaban J connectivity index is 2.24. The topological polar surface area (TPSA) is 49.8 Å². The summed E-state index contributed by atoms with van der Waals surface area (Å²) in [6.45, 7) is 2.64. The van der Waals surface area contributed by atoms with Crippen LogP contribution in [-0.2, 0) is 4.79 Å². The van der Waals surface area contributed by atoms with Gasteiger partial charge in [0, 0.05) is 18.1 Å². The minimum atomic E-state index is -0.380. The number of ether oxygens (including phenoxy) is 1. The molecule has 0 radical (unpaired) electrons. The van der Waals surface area contributed by atoms with Crippen LogP contribution >= 0.6 is 15.9 Å². The second-order valence-corrected chi connectivity index (χ2v) is 5.42. The summed E-state index contributed by atoms with van der Waals surface area (Å²) in [7, 11) is 1.74. The molecule has 0 aliphatic rings. The van der Waals surface area contributed by atoms with Crippen molar-refractivity contribution in [2.24, 2.45) is 0 Å². The summed E-state index contributed by atoms with van der Waals surface area (Å²) < 4.78 is 6.48. The van der Waals surface area contributed by atoms with Gasteiger partial charge in [0.05, 0.1) is 19.1 Å². The lowest BCUT2D eigenvalue weighted by atomic mass is 10.2. The normalized spacial score (nSPS) is 12.0. The highest BCUT2D eigenvalue weighted by atomic mass is 79.9. The number of carbonyl (C=O) groups excluding carboxylic acids is 1. The molecule has 0 spiro atoms. The van der Waals surface area contributed by atoms with E-state index >= 15 is 0 Å². The molecule has 1 N–H and O–H groups in total. The molecule has 1 aromatic carbocycles. The fourth-order valence-corrected chi connectivity index (χ4v) is 1.75. The molecule has 0 fully saturated rings.